The van der Waals surface area contributed by atoms with Crippen LogP contribution < -0.4 is 0 Å². The Morgan fingerprint density at radius 1 is 0.560 bits per heavy atom. The zero-order valence-corrected chi connectivity index (χ0v) is 31.7. The SMILES string of the molecule is CC/C=C\C/C=C\C/C=C\C/C=C\CCC(=O)OC(CO)COP(=O)(O)OCC(CO)OC(=O)CCCCCCC/C=C\CCCCCCC. The first-order chi connectivity index (χ1) is 24.3. The molecule has 0 rings (SSSR count). The predicted octanol–water partition coefficient (Wildman–Crippen LogP) is 9.16. The molecule has 0 fully saturated rings. The number of allylic oxidation sites excluding steroid dienone is 10. The molecule has 0 radical (unpaired) electrons. The van der Waals surface area contributed by atoms with Crippen molar-refractivity contribution in [1.29, 1.82) is 0 Å². The largest absolute Gasteiger partial charge is 0.472 e. The zero-order chi connectivity index (χ0) is 37.0. The van der Waals surface area contributed by atoms with Gasteiger partial charge in [-0.1, -0.05) is 120 Å². The molecular formula is C39H67O10P. The number of phosphoric acid groups is 1. The highest BCUT2D eigenvalue weighted by Crippen LogP contribution is 2.43. The van der Waals surface area contributed by atoms with Crippen LogP contribution in [0.15, 0.2) is 60.8 Å². The van der Waals surface area contributed by atoms with Gasteiger partial charge in [0.05, 0.1) is 26.4 Å². The van der Waals surface area contributed by atoms with Gasteiger partial charge >= 0.3 is 19.8 Å². The lowest BCUT2D eigenvalue weighted by Gasteiger charge is -2.20. The molecule has 3 N–H and O–H groups in total. The first-order valence-corrected chi connectivity index (χ1v) is 20.2. The second-order valence-corrected chi connectivity index (χ2v) is 13.6. The van der Waals surface area contributed by atoms with Gasteiger partial charge in [0.1, 0.15) is 12.2 Å². The van der Waals surface area contributed by atoms with Gasteiger partial charge in [-0.05, 0) is 64.2 Å². The van der Waals surface area contributed by atoms with Gasteiger partial charge in [-0.15, -0.1) is 0 Å². The van der Waals surface area contributed by atoms with Crippen LogP contribution >= 0.6 is 7.82 Å². The maximum atomic E-state index is 12.3. The normalized spacial score (nSPS) is 14.7. The number of hydrogen-bond acceptors (Lipinski definition) is 9. The molecule has 0 saturated carbocycles. The summed E-state index contributed by atoms with van der Waals surface area (Å²) in [6.45, 7) is 1.95. The second-order valence-electron chi connectivity index (χ2n) is 12.2. The highest BCUT2D eigenvalue weighted by Gasteiger charge is 2.27. The van der Waals surface area contributed by atoms with Crippen molar-refractivity contribution in [2.24, 2.45) is 0 Å². The minimum absolute atomic E-state index is 0.0680. The van der Waals surface area contributed by atoms with Gasteiger partial charge in [0.25, 0.3) is 0 Å². The molecule has 3 atom stereocenters. The van der Waals surface area contributed by atoms with E-state index in [0.717, 1.165) is 64.2 Å². The molecule has 0 saturated heterocycles. The van der Waals surface area contributed by atoms with Crippen molar-refractivity contribution < 1.29 is 47.8 Å². The van der Waals surface area contributed by atoms with Crippen molar-refractivity contribution in [3.05, 3.63) is 60.8 Å². The Bertz CT molecular complexity index is 1020. The zero-order valence-electron chi connectivity index (χ0n) is 30.8. The van der Waals surface area contributed by atoms with Crippen LogP contribution in [0, 0.1) is 0 Å². The fourth-order valence-electron chi connectivity index (χ4n) is 4.59. The molecule has 0 aromatic rings. The topological polar surface area (TPSA) is 149 Å². The van der Waals surface area contributed by atoms with Gasteiger partial charge in [0.15, 0.2) is 0 Å². The van der Waals surface area contributed by atoms with Crippen molar-refractivity contribution in [2.45, 2.75) is 148 Å². The van der Waals surface area contributed by atoms with E-state index >= 15 is 0 Å². The maximum absolute atomic E-state index is 12.3. The average molecular weight is 727 g/mol. The van der Waals surface area contributed by atoms with E-state index in [-0.39, 0.29) is 12.8 Å². The summed E-state index contributed by atoms with van der Waals surface area (Å²) in [5, 5.41) is 19.1. The van der Waals surface area contributed by atoms with E-state index in [2.05, 4.69) is 56.4 Å². The number of unbranched alkanes of at least 4 members (excludes halogenated alkanes) is 10. The molecule has 0 aliphatic carbocycles. The molecule has 0 amide bonds. The molecule has 0 spiro atoms. The summed E-state index contributed by atoms with van der Waals surface area (Å²) in [5.74, 6) is -1.12. The number of carbonyl (C=O) groups is 2. The Morgan fingerprint density at radius 2 is 0.980 bits per heavy atom. The number of phosphoric ester groups is 1. The third-order valence-electron chi connectivity index (χ3n) is 7.48. The standard InChI is InChI=1S/C39H67O10P/c1-3-5-7-9-11-13-15-17-19-21-23-25-27-29-31-39(43)49-37(33-41)35-47-50(44,45)46-34-36(32-40)48-38(42)30-28-26-24-22-20-18-16-14-12-10-8-6-4-2/h6,8,12,14-15,17-18,20,24,26,36-37,40-41H,3-5,7,9-11,13,16,19,21-23,25,27-35H2,1-2H3,(H,44,45)/b8-6-,14-12-,17-15-,20-18-,26-24-. The molecule has 0 heterocycles. The highest BCUT2D eigenvalue weighted by molar-refractivity contribution is 7.47. The summed E-state index contributed by atoms with van der Waals surface area (Å²) in [6.07, 6.45) is 36.5. The van der Waals surface area contributed by atoms with Gasteiger partial charge in [0, 0.05) is 12.8 Å². The van der Waals surface area contributed by atoms with Crippen molar-refractivity contribution in [3.8, 4) is 0 Å². The Morgan fingerprint density at radius 3 is 1.48 bits per heavy atom. The number of esters is 2. The van der Waals surface area contributed by atoms with E-state index < -0.39 is 58.4 Å². The quantitative estimate of drug-likeness (QED) is 0.0254. The fourth-order valence-corrected chi connectivity index (χ4v) is 5.38. The van der Waals surface area contributed by atoms with Gasteiger partial charge in [-0.3, -0.25) is 18.6 Å². The second kappa shape index (κ2) is 35.1. The molecule has 10 nitrogen and oxygen atoms in total. The number of aliphatic hydroxyl groups excluding tert-OH is 2. The van der Waals surface area contributed by atoms with Gasteiger partial charge in [-0.25, -0.2) is 4.57 Å². The number of rotatable bonds is 34. The van der Waals surface area contributed by atoms with E-state index in [0.29, 0.717) is 12.8 Å². The van der Waals surface area contributed by atoms with Crippen LogP contribution in [0.5, 0.6) is 0 Å². The molecule has 0 aromatic carbocycles. The Hall–Kier alpha value is -2.33. The van der Waals surface area contributed by atoms with Crippen molar-refractivity contribution in [2.75, 3.05) is 26.4 Å². The molecule has 0 aliphatic rings. The average Bonchev–Trinajstić information content (AvgIpc) is 3.10. The molecule has 288 valence electrons. The lowest BCUT2D eigenvalue weighted by atomic mass is 10.1. The van der Waals surface area contributed by atoms with E-state index in [1.54, 1.807) is 0 Å². The monoisotopic (exact) mass is 726 g/mol. The van der Waals surface area contributed by atoms with Crippen LogP contribution in [0.1, 0.15) is 136 Å². The minimum Gasteiger partial charge on any atom is -0.457 e. The lowest BCUT2D eigenvalue weighted by Crippen LogP contribution is -2.28. The summed E-state index contributed by atoms with van der Waals surface area (Å²) in [4.78, 5) is 34.3. The van der Waals surface area contributed by atoms with Crippen LogP contribution in [-0.2, 0) is 32.7 Å². The molecule has 11 heteroatoms. The van der Waals surface area contributed by atoms with Crippen LogP contribution in [0.2, 0.25) is 0 Å². The number of aliphatic hydroxyl groups is 2. The van der Waals surface area contributed by atoms with E-state index in [4.69, 9.17) is 18.5 Å². The fraction of sp³-hybridized carbons (Fsp3) is 0.692. The summed E-state index contributed by atoms with van der Waals surface area (Å²) >= 11 is 0. The van der Waals surface area contributed by atoms with Crippen LogP contribution in [0.25, 0.3) is 0 Å². The highest BCUT2D eigenvalue weighted by atomic mass is 31.2. The Balaban J connectivity index is 4.10. The van der Waals surface area contributed by atoms with E-state index in [1.165, 1.54) is 32.1 Å². The smallest absolute Gasteiger partial charge is 0.457 e. The molecule has 50 heavy (non-hydrogen) atoms. The van der Waals surface area contributed by atoms with Crippen LogP contribution in [0.4, 0.5) is 0 Å². The van der Waals surface area contributed by atoms with Gasteiger partial charge in [0.2, 0.25) is 0 Å². The third-order valence-corrected chi connectivity index (χ3v) is 8.43. The molecule has 0 aliphatic heterocycles. The predicted molar refractivity (Wildman–Crippen MR) is 200 cm³/mol. The molecule has 0 aromatic heterocycles. The first kappa shape index (κ1) is 47.7. The van der Waals surface area contributed by atoms with E-state index in [1.807, 2.05) is 18.2 Å². The third kappa shape index (κ3) is 32.9. The van der Waals surface area contributed by atoms with Crippen molar-refractivity contribution in [3.63, 3.8) is 0 Å². The number of ether oxygens (including phenoxy) is 2. The van der Waals surface area contributed by atoms with Crippen molar-refractivity contribution >= 4 is 19.8 Å². The van der Waals surface area contributed by atoms with Crippen LogP contribution in [0.3, 0.4) is 0 Å². The minimum atomic E-state index is -4.65. The van der Waals surface area contributed by atoms with Crippen molar-refractivity contribution in [1.82, 2.24) is 0 Å². The van der Waals surface area contributed by atoms with Crippen LogP contribution in [-0.4, -0.2) is 65.7 Å². The molecule has 0 bridgehead atoms. The van der Waals surface area contributed by atoms with Gasteiger partial charge in [-0.2, -0.15) is 0 Å². The van der Waals surface area contributed by atoms with Gasteiger partial charge < -0.3 is 24.6 Å². The Kier molecular flexibility index (Phi) is 33.5. The summed E-state index contributed by atoms with van der Waals surface area (Å²) in [7, 11) is -4.65. The molecular weight excluding hydrogens is 659 g/mol. The first-order valence-electron chi connectivity index (χ1n) is 18.7. The lowest BCUT2D eigenvalue weighted by molar-refractivity contribution is -0.153. The Labute approximate surface area is 302 Å². The molecule has 3 unspecified atom stereocenters. The summed E-state index contributed by atoms with van der Waals surface area (Å²) in [5.41, 5.74) is 0. The summed E-state index contributed by atoms with van der Waals surface area (Å²) < 4.78 is 32.3. The number of carbonyl (C=O) groups excluding carboxylic acids is 2. The summed E-state index contributed by atoms with van der Waals surface area (Å²) in [6, 6.07) is 0. The number of hydrogen-bond donors (Lipinski definition) is 3. The maximum Gasteiger partial charge on any atom is 0.472 e. The van der Waals surface area contributed by atoms with E-state index in [9.17, 15) is 29.3 Å².